The molecule has 2 aliphatic heterocycles. The fourth-order valence-electron chi connectivity index (χ4n) is 3.78. The number of amides is 2. The average Bonchev–Trinajstić information content (AvgIpc) is 2.96. The van der Waals surface area contributed by atoms with Crippen molar-refractivity contribution in [2.24, 2.45) is 5.92 Å². The molecule has 0 unspecified atom stereocenters. The van der Waals surface area contributed by atoms with Crippen LogP contribution in [-0.4, -0.2) is 29.8 Å². The highest BCUT2D eigenvalue weighted by molar-refractivity contribution is 6.45. The molecule has 0 aliphatic carbocycles. The van der Waals surface area contributed by atoms with Gasteiger partial charge in [0.15, 0.2) is 0 Å². The van der Waals surface area contributed by atoms with Crippen molar-refractivity contribution in [3.05, 3.63) is 70.4 Å². The molecule has 0 radical (unpaired) electrons. The maximum atomic E-state index is 13.6. The number of imide groups is 1. The Morgan fingerprint density at radius 2 is 1.62 bits per heavy atom. The van der Waals surface area contributed by atoms with E-state index in [-0.39, 0.29) is 16.3 Å². The van der Waals surface area contributed by atoms with Gasteiger partial charge in [0.2, 0.25) is 0 Å². The molecule has 0 atom stereocenters. The third-order valence-electron chi connectivity index (χ3n) is 5.45. The summed E-state index contributed by atoms with van der Waals surface area (Å²) in [6.45, 7) is 3.46. The van der Waals surface area contributed by atoms with Crippen LogP contribution in [0.1, 0.15) is 25.3 Å². The van der Waals surface area contributed by atoms with Gasteiger partial charge in [0.25, 0.3) is 11.8 Å². The lowest BCUT2D eigenvalue weighted by atomic mass is 9.97. The van der Waals surface area contributed by atoms with Crippen molar-refractivity contribution in [3.8, 4) is 0 Å². The van der Waals surface area contributed by atoms with Crippen molar-refractivity contribution < 1.29 is 18.4 Å². The minimum Gasteiger partial charge on any atom is -0.366 e. The Labute approximate surface area is 172 Å². The van der Waals surface area contributed by atoms with Gasteiger partial charge in [0.1, 0.15) is 17.3 Å². The number of anilines is 1. The zero-order chi connectivity index (χ0) is 20.7. The van der Waals surface area contributed by atoms with Crippen LogP contribution in [0.2, 0.25) is 5.02 Å². The summed E-state index contributed by atoms with van der Waals surface area (Å²) in [7, 11) is 0. The van der Waals surface area contributed by atoms with Crippen LogP contribution in [0.4, 0.5) is 14.5 Å². The van der Waals surface area contributed by atoms with Gasteiger partial charge in [-0.3, -0.25) is 9.59 Å². The van der Waals surface area contributed by atoms with Gasteiger partial charge >= 0.3 is 0 Å². The highest BCUT2D eigenvalue weighted by atomic mass is 35.5. The van der Waals surface area contributed by atoms with Crippen molar-refractivity contribution in [3.63, 3.8) is 0 Å². The van der Waals surface area contributed by atoms with Crippen LogP contribution >= 0.6 is 11.6 Å². The summed E-state index contributed by atoms with van der Waals surface area (Å²) >= 11 is 5.87. The van der Waals surface area contributed by atoms with Crippen molar-refractivity contribution in [2.75, 3.05) is 18.0 Å². The molecule has 2 aliphatic rings. The van der Waals surface area contributed by atoms with Gasteiger partial charge in [-0.05, 0) is 54.7 Å². The van der Waals surface area contributed by atoms with E-state index >= 15 is 0 Å². The topological polar surface area (TPSA) is 40.6 Å². The number of hydrogen-bond acceptors (Lipinski definition) is 3. The molecule has 0 aromatic heterocycles. The number of rotatable bonds is 3. The van der Waals surface area contributed by atoms with Gasteiger partial charge in [0.05, 0.1) is 16.3 Å². The van der Waals surface area contributed by atoms with E-state index in [1.54, 1.807) is 0 Å². The number of halogens is 3. The third kappa shape index (κ3) is 3.53. The largest absolute Gasteiger partial charge is 0.366 e. The Morgan fingerprint density at radius 3 is 2.24 bits per heavy atom. The summed E-state index contributed by atoms with van der Waals surface area (Å²) in [5.74, 6) is -1.53. The fourth-order valence-corrected chi connectivity index (χ4v) is 3.95. The zero-order valence-corrected chi connectivity index (χ0v) is 16.5. The maximum Gasteiger partial charge on any atom is 0.282 e. The van der Waals surface area contributed by atoms with Gasteiger partial charge in [-0.15, -0.1) is 0 Å². The van der Waals surface area contributed by atoms with E-state index in [1.165, 1.54) is 36.4 Å². The molecular formula is C22H19ClF2N2O2. The molecule has 2 amide bonds. The van der Waals surface area contributed by atoms with Crippen molar-refractivity contribution in [1.82, 2.24) is 4.90 Å². The standard InChI is InChI=1S/C22H19ClF2N2O2/c1-13-8-10-26(11-9-13)20-19(14-2-4-15(24)5-3-14)21(28)27(22(20)29)16-6-7-18(25)17(23)12-16/h2-7,12-13H,8-11H2,1H3. The first-order chi connectivity index (χ1) is 13.9. The lowest BCUT2D eigenvalue weighted by molar-refractivity contribution is -0.120. The molecule has 4 rings (SSSR count). The molecule has 1 saturated heterocycles. The first-order valence-electron chi connectivity index (χ1n) is 9.46. The highest BCUT2D eigenvalue weighted by Crippen LogP contribution is 2.37. The summed E-state index contributed by atoms with van der Waals surface area (Å²) < 4.78 is 27.0. The molecule has 1 fully saturated rings. The Bertz CT molecular complexity index is 1010. The van der Waals surface area contributed by atoms with E-state index in [0.717, 1.165) is 23.8 Å². The van der Waals surface area contributed by atoms with Crippen LogP contribution in [0.25, 0.3) is 5.57 Å². The molecule has 2 heterocycles. The van der Waals surface area contributed by atoms with Gasteiger partial charge in [0, 0.05) is 13.1 Å². The Morgan fingerprint density at radius 1 is 0.966 bits per heavy atom. The first kappa shape index (κ1) is 19.6. The molecule has 0 N–H and O–H groups in total. The summed E-state index contributed by atoms with van der Waals surface area (Å²) in [4.78, 5) is 29.6. The van der Waals surface area contributed by atoms with Gasteiger partial charge in [-0.2, -0.15) is 0 Å². The van der Waals surface area contributed by atoms with Gasteiger partial charge in [-0.25, -0.2) is 13.7 Å². The Hall–Kier alpha value is -2.73. The van der Waals surface area contributed by atoms with E-state index in [1.807, 2.05) is 4.90 Å². The minimum absolute atomic E-state index is 0.174. The van der Waals surface area contributed by atoms with Crippen LogP contribution in [-0.2, 0) is 9.59 Å². The van der Waals surface area contributed by atoms with Crippen molar-refractivity contribution in [1.29, 1.82) is 0 Å². The monoisotopic (exact) mass is 416 g/mol. The second-order valence-electron chi connectivity index (χ2n) is 7.44. The highest BCUT2D eigenvalue weighted by Gasteiger charge is 2.43. The van der Waals surface area contributed by atoms with Crippen molar-refractivity contribution in [2.45, 2.75) is 19.8 Å². The normalized spacial score (nSPS) is 18.2. The summed E-state index contributed by atoms with van der Waals surface area (Å²) in [5, 5.41) is -0.174. The summed E-state index contributed by atoms with van der Waals surface area (Å²) in [6.07, 6.45) is 1.81. The fraction of sp³-hybridized carbons (Fsp3) is 0.273. The summed E-state index contributed by atoms with van der Waals surface area (Å²) in [5.41, 5.74) is 1.19. The molecule has 2 aromatic rings. The number of benzene rings is 2. The molecule has 4 nitrogen and oxygen atoms in total. The predicted octanol–water partition coefficient (Wildman–Crippen LogP) is 4.63. The average molecular weight is 417 g/mol. The maximum absolute atomic E-state index is 13.6. The molecule has 0 spiro atoms. The quantitative estimate of drug-likeness (QED) is 0.685. The van der Waals surface area contributed by atoms with Crippen LogP contribution < -0.4 is 4.90 Å². The molecule has 0 saturated carbocycles. The van der Waals surface area contributed by atoms with Crippen LogP contribution in [0.3, 0.4) is 0 Å². The van der Waals surface area contributed by atoms with E-state index in [0.29, 0.717) is 30.3 Å². The molecule has 150 valence electrons. The predicted molar refractivity (Wildman–Crippen MR) is 107 cm³/mol. The molecule has 2 aromatic carbocycles. The number of hydrogen-bond donors (Lipinski definition) is 0. The molecular weight excluding hydrogens is 398 g/mol. The first-order valence-corrected chi connectivity index (χ1v) is 9.83. The number of likely N-dealkylation sites (tertiary alicyclic amines) is 1. The molecule has 29 heavy (non-hydrogen) atoms. The van der Waals surface area contributed by atoms with E-state index in [2.05, 4.69) is 6.92 Å². The van der Waals surface area contributed by atoms with Crippen molar-refractivity contribution >= 4 is 34.7 Å². The summed E-state index contributed by atoms with van der Waals surface area (Å²) in [6, 6.07) is 9.22. The second-order valence-corrected chi connectivity index (χ2v) is 7.85. The number of carbonyl (C=O) groups is 2. The van der Waals surface area contributed by atoms with E-state index in [4.69, 9.17) is 11.6 Å². The zero-order valence-electron chi connectivity index (χ0n) is 15.8. The Kier molecular flexibility index (Phi) is 5.13. The Balaban J connectivity index is 1.81. The van der Waals surface area contributed by atoms with E-state index in [9.17, 15) is 18.4 Å². The van der Waals surface area contributed by atoms with Crippen LogP contribution in [0, 0.1) is 17.6 Å². The number of piperidine rings is 1. The smallest absolute Gasteiger partial charge is 0.282 e. The molecule has 0 bridgehead atoms. The van der Waals surface area contributed by atoms with E-state index < -0.39 is 23.4 Å². The van der Waals surface area contributed by atoms with Crippen LogP contribution in [0.5, 0.6) is 0 Å². The molecule has 7 heteroatoms. The third-order valence-corrected chi connectivity index (χ3v) is 5.74. The van der Waals surface area contributed by atoms with Gasteiger partial charge in [-0.1, -0.05) is 30.7 Å². The number of nitrogens with zero attached hydrogens (tertiary/aromatic N) is 2. The second kappa shape index (κ2) is 7.59. The lowest BCUT2D eigenvalue weighted by Crippen LogP contribution is -2.38. The SMILES string of the molecule is CC1CCN(C2=C(c3ccc(F)cc3)C(=O)N(c3ccc(F)c(Cl)c3)C2=O)CC1. The lowest BCUT2D eigenvalue weighted by Gasteiger charge is -2.32. The van der Waals surface area contributed by atoms with Crippen LogP contribution in [0.15, 0.2) is 48.2 Å². The number of carbonyl (C=O) groups excluding carboxylic acids is 2. The minimum atomic E-state index is -0.633. The van der Waals surface area contributed by atoms with Gasteiger partial charge < -0.3 is 4.90 Å².